The van der Waals surface area contributed by atoms with Crippen molar-refractivity contribution in [1.82, 2.24) is 9.88 Å². The molecule has 0 bridgehead atoms. The summed E-state index contributed by atoms with van der Waals surface area (Å²) in [6.45, 7) is 1.41. The highest BCUT2D eigenvalue weighted by molar-refractivity contribution is 7.13. The number of rotatable bonds is 7. The van der Waals surface area contributed by atoms with Crippen molar-refractivity contribution in [2.24, 2.45) is 5.92 Å². The average Bonchev–Trinajstić information content (AvgIpc) is 3.34. The third kappa shape index (κ3) is 4.20. The fourth-order valence-electron chi connectivity index (χ4n) is 2.67. The highest BCUT2D eigenvalue weighted by Crippen LogP contribution is 2.33. The minimum absolute atomic E-state index is 0.223. The number of aliphatic hydroxyl groups is 1. The first-order chi connectivity index (χ1) is 11.6. The molecule has 24 heavy (non-hydrogen) atoms. The predicted molar refractivity (Wildman–Crippen MR) is 94.0 cm³/mol. The van der Waals surface area contributed by atoms with Gasteiger partial charge in [0.2, 0.25) is 0 Å². The van der Waals surface area contributed by atoms with Crippen molar-refractivity contribution in [2.45, 2.75) is 25.5 Å². The Morgan fingerprint density at radius 3 is 2.75 bits per heavy atom. The molecule has 0 aliphatic heterocycles. The van der Waals surface area contributed by atoms with Crippen LogP contribution in [0.2, 0.25) is 0 Å². The third-order valence-electron chi connectivity index (χ3n) is 4.20. The second kappa shape index (κ2) is 7.42. The Bertz CT molecular complexity index is 695. The molecule has 1 aromatic carbocycles. The van der Waals surface area contributed by atoms with Gasteiger partial charge in [0.1, 0.15) is 5.01 Å². The van der Waals surface area contributed by atoms with E-state index < -0.39 is 0 Å². The topological polar surface area (TPSA) is 62.7 Å². The molecule has 1 fully saturated rings. The molecule has 1 atom stereocenters. The SMILES string of the molecule is COC(=O)c1ccc(-c2nc(CN(C)CC(O)C3CC3)cs2)cc1. The molecule has 0 saturated heterocycles. The van der Waals surface area contributed by atoms with Crippen LogP contribution in [0, 0.1) is 5.92 Å². The van der Waals surface area contributed by atoms with Crippen LogP contribution in [-0.4, -0.2) is 47.8 Å². The molecule has 3 rings (SSSR count). The molecule has 0 amide bonds. The highest BCUT2D eigenvalue weighted by atomic mass is 32.1. The molecule has 1 heterocycles. The number of ether oxygens (including phenoxy) is 1. The Labute approximate surface area is 145 Å². The molecule has 1 aliphatic carbocycles. The van der Waals surface area contributed by atoms with Crippen LogP contribution >= 0.6 is 11.3 Å². The minimum Gasteiger partial charge on any atom is -0.465 e. The molecule has 128 valence electrons. The lowest BCUT2D eigenvalue weighted by Crippen LogP contribution is -2.30. The summed E-state index contributed by atoms with van der Waals surface area (Å²) in [6.07, 6.45) is 2.08. The first kappa shape index (κ1) is 17.1. The second-order valence-corrected chi connectivity index (χ2v) is 7.17. The zero-order chi connectivity index (χ0) is 17.1. The molecule has 6 heteroatoms. The van der Waals surface area contributed by atoms with Crippen molar-refractivity contribution in [3.8, 4) is 10.6 Å². The Balaban J connectivity index is 1.61. The van der Waals surface area contributed by atoms with Gasteiger partial charge in [-0.05, 0) is 37.9 Å². The molecule has 1 saturated carbocycles. The molecular formula is C18H22N2O3S. The largest absolute Gasteiger partial charge is 0.465 e. The smallest absolute Gasteiger partial charge is 0.337 e. The van der Waals surface area contributed by atoms with Gasteiger partial charge in [-0.15, -0.1) is 11.3 Å². The number of likely N-dealkylation sites (N-methyl/N-ethyl adjacent to an activating group) is 1. The fourth-order valence-corrected chi connectivity index (χ4v) is 3.49. The first-order valence-electron chi connectivity index (χ1n) is 8.06. The molecule has 1 aliphatic rings. The van der Waals surface area contributed by atoms with Crippen molar-refractivity contribution in [2.75, 3.05) is 20.7 Å². The van der Waals surface area contributed by atoms with Crippen molar-refractivity contribution >= 4 is 17.3 Å². The average molecular weight is 346 g/mol. The Morgan fingerprint density at radius 2 is 2.12 bits per heavy atom. The fraction of sp³-hybridized carbons (Fsp3) is 0.444. The van der Waals surface area contributed by atoms with Gasteiger partial charge in [0.15, 0.2) is 0 Å². The van der Waals surface area contributed by atoms with E-state index in [4.69, 9.17) is 4.74 Å². The number of carbonyl (C=O) groups is 1. The van der Waals surface area contributed by atoms with Crippen LogP contribution < -0.4 is 0 Å². The van der Waals surface area contributed by atoms with Crippen LogP contribution in [0.25, 0.3) is 10.6 Å². The van der Waals surface area contributed by atoms with Gasteiger partial charge < -0.3 is 9.84 Å². The number of aliphatic hydroxyl groups excluding tert-OH is 1. The van der Waals surface area contributed by atoms with Crippen molar-refractivity contribution in [1.29, 1.82) is 0 Å². The van der Waals surface area contributed by atoms with Gasteiger partial charge >= 0.3 is 5.97 Å². The molecule has 2 aromatic rings. The van der Waals surface area contributed by atoms with Gasteiger partial charge in [-0.25, -0.2) is 9.78 Å². The minimum atomic E-state index is -0.336. The molecule has 1 unspecified atom stereocenters. The lowest BCUT2D eigenvalue weighted by atomic mass is 10.1. The molecular weight excluding hydrogens is 324 g/mol. The van der Waals surface area contributed by atoms with Gasteiger partial charge in [0.25, 0.3) is 0 Å². The summed E-state index contributed by atoms with van der Waals surface area (Å²) in [5.74, 6) is 0.156. The molecule has 0 radical (unpaired) electrons. The maximum atomic E-state index is 11.5. The molecule has 5 nitrogen and oxygen atoms in total. The van der Waals surface area contributed by atoms with Crippen molar-refractivity contribution < 1.29 is 14.6 Å². The lowest BCUT2D eigenvalue weighted by molar-refractivity contribution is 0.0600. The first-order valence-corrected chi connectivity index (χ1v) is 8.94. The van der Waals surface area contributed by atoms with Crippen LogP contribution in [0.3, 0.4) is 0 Å². The van der Waals surface area contributed by atoms with E-state index in [1.807, 2.05) is 24.6 Å². The summed E-state index contributed by atoms with van der Waals surface area (Å²) in [5, 5.41) is 13.0. The number of esters is 1. The van der Waals surface area contributed by atoms with E-state index in [1.165, 1.54) is 7.11 Å². The zero-order valence-electron chi connectivity index (χ0n) is 13.9. The van der Waals surface area contributed by atoms with E-state index in [-0.39, 0.29) is 12.1 Å². The monoisotopic (exact) mass is 346 g/mol. The number of benzene rings is 1. The van der Waals surface area contributed by atoms with Crippen LogP contribution in [0.1, 0.15) is 28.9 Å². The lowest BCUT2D eigenvalue weighted by Gasteiger charge is -2.19. The second-order valence-electron chi connectivity index (χ2n) is 6.31. The van der Waals surface area contributed by atoms with Crippen LogP contribution in [0.5, 0.6) is 0 Å². The van der Waals surface area contributed by atoms with E-state index in [0.717, 1.165) is 35.7 Å². The van der Waals surface area contributed by atoms with E-state index in [1.54, 1.807) is 23.5 Å². The quantitative estimate of drug-likeness (QED) is 0.781. The number of carbonyl (C=O) groups excluding carboxylic acids is 1. The standard InChI is InChI=1S/C18H22N2O3S/c1-20(10-16(21)12-3-4-12)9-15-11-24-17(19-15)13-5-7-14(8-6-13)18(22)23-2/h5-8,11-12,16,21H,3-4,9-10H2,1-2H3. The molecule has 0 spiro atoms. The number of methoxy groups -OCH3 is 1. The summed E-state index contributed by atoms with van der Waals surface area (Å²) in [7, 11) is 3.38. The van der Waals surface area contributed by atoms with E-state index in [9.17, 15) is 9.90 Å². The van der Waals surface area contributed by atoms with E-state index in [0.29, 0.717) is 18.0 Å². The Morgan fingerprint density at radius 1 is 1.42 bits per heavy atom. The van der Waals surface area contributed by atoms with Crippen LogP contribution in [0.15, 0.2) is 29.6 Å². The molecule has 1 N–H and O–H groups in total. The van der Waals surface area contributed by atoms with Crippen molar-refractivity contribution in [3.63, 3.8) is 0 Å². The number of aromatic nitrogens is 1. The number of hydrogen-bond donors (Lipinski definition) is 1. The summed E-state index contributed by atoms with van der Waals surface area (Å²) < 4.78 is 4.70. The number of hydrogen-bond acceptors (Lipinski definition) is 6. The van der Waals surface area contributed by atoms with Gasteiger partial charge in [-0.1, -0.05) is 12.1 Å². The third-order valence-corrected chi connectivity index (χ3v) is 5.14. The maximum absolute atomic E-state index is 11.5. The highest BCUT2D eigenvalue weighted by Gasteiger charge is 2.30. The van der Waals surface area contributed by atoms with Crippen molar-refractivity contribution in [3.05, 3.63) is 40.9 Å². The maximum Gasteiger partial charge on any atom is 0.337 e. The Kier molecular flexibility index (Phi) is 5.28. The van der Waals surface area contributed by atoms with Gasteiger partial charge in [-0.3, -0.25) is 4.90 Å². The zero-order valence-corrected chi connectivity index (χ0v) is 14.8. The summed E-state index contributed by atoms with van der Waals surface area (Å²) in [6, 6.07) is 7.27. The van der Waals surface area contributed by atoms with Gasteiger partial charge in [0, 0.05) is 24.0 Å². The Hall–Kier alpha value is -1.76. The summed E-state index contributed by atoms with van der Waals surface area (Å²) in [5.41, 5.74) is 2.52. The summed E-state index contributed by atoms with van der Waals surface area (Å²) in [4.78, 5) is 18.2. The number of nitrogens with zero attached hydrogens (tertiary/aromatic N) is 2. The van der Waals surface area contributed by atoms with E-state index >= 15 is 0 Å². The van der Waals surface area contributed by atoms with Crippen LogP contribution in [0.4, 0.5) is 0 Å². The normalized spacial score (nSPS) is 15.5. The predicted octanol–water partition coefficient (Wildman–Crippen LogP) is 2.80. The van der Waals surface area contributed by atoms with Crippen LogP contribution in [-0.2, 0) is 11.3 Å². The molecule has 1 aromatic heterocycles. The van der Waals surface area contributed by atoms with Gasteiger partial charge in [-0.2, -0.15) is 0 Å². The van der Waals surface area contributed by atoms with E-state index in [2.05, 4.69) is 9.88 Å². The summed E-state index contributed by atoms with van der Waals surface area (Å²) >= 11 is 1.59. The van der Waals surface area contributed by atoms with Gasteiger partial charge in [0.05, 0.1) is 24.5 Å². The number of thiazole rings is 1.